The number of rotatable bonds is 0. The third-order valence-electron chi connectivity index (χ3n) is 4.99. The minimum atomic E-state index is 0.193. The van der Waals surface area contributed by atoms with E-state index in [0.717, 1.165) is 10.0 Å². The van der Waals surface area contributed by atoms with E-state index >= 15 is 0 Å². The molecule has 0 fully saturated rings. The first-order chi connectivity index (χ1) is 10.8. The van der Waals surface area contributed by atoms with Crippen molar-refractivity contribution in [1.29, 1.82) is 0 Å². The summed E-state index contributed by atoms with van der Waals surface area (Å²) in [6, 6.07) is 21.1. The Balaban J connectivity index is 1.96. The summed E-state index contributed by atoms with van der Waals surface area (Å²) in [6.45, 7) is 0. The molecule has 0 nitrogen and oxygen atoms in total. The van der Waals surface area contributed by atoms with Crippen LogP contribution in [-0.4, -0.2) is 0 Å². The molecule has 106 valence electrons. The highest BCUT2D eigenvalue weighted by atomic mass is 35.5. The summed E-state index contributed by atoms with van der Waals surface area (Å²) < 4.78 is 0. The number of hydrogen-bond donors (Lipinski definition) is 0. The van der Waals surface area contributed by atoms with Gasteiger partial charge in [0.05, 0.1) is 0 Å². The Morgan fingerprint density at radius 3 is 1.36 bits per heavy atom. The lowest BCUT2D eigenvalue weighted by Gasteiger charge is -2.42. The van der Waals surface area contributed by atoms with Gasteiger partial charge in [0.15, 0.2) is 0 Å². The fourth-order valence-corrected chi connectivity index (χ4v) is 4.80. The average Bonchev–Trinajstić information content (AvgIpc) is 2.55. The predicted octanol–water partition coefficient (Wildman–Crippen LogP) is 5.98. The van der Waals surface area contributed by atoms with E-state index in [-0.39, 0.29) is 11.8 Å². The lowest BCUT2D eigenvalue weighted by molar-refractivity contribution is 0.755. The van der Waals surface area contributed by atoms with Gasteiger partial charge in [-0.3, -0.25) is 0 Å². The van der Waals surface area contributed by atoms with Gasteiger partial charge in [0, 0.05) is 21.9 Å². The zero-order valence-electron chi connectivity index (χ0n) is 11.7. The maximum Gasteiger partial charge on any atom is 0.0450 e. The van der Waals surface area contributed by atoms with Crippen molar-refractivity contribution in [3.63, 3.8) is 0 Å². The summed E-state index contributed by atoms with van der Waals surface area (Å²) in [5.41, 5.74) is 7.84. The van der Waals surface area contributed by atoms with E-state index in [1.165, 1.54) is 33.4 Å². The molecule has 3 aromatic rings. The van der Waals surface area contributed by atoms with E-state index in [9.17, 15) is 0 Å². The van der Waals surface area contributed by atoms with Crippen LogP contribution in [0, 0.1) is 0 Å². The molecule has 0 spiro atoms. The largest absolute Gasteiger partial charge is 0.0840 e. The first-order valence-corrected chi connectivity index (χ1v) is 8.18. The third kappa shape index (κ3) is 1.45. The molecule has 3 aliphatic rings. The van der Waals surface area contributed by atoms with Crippen molar-refractivity contribution in [3.8, 4) is 0 Å². The Labute approximate surface area is 139 Å². The van der Waals surface area contributed by atoms with Crippen molar-refractivity contribution < 1.29 is 0 Å². The number of hydrogen-bond acceptors (Lipinski definition) is 0. The van der Waals surface area contributed by atoms with Crippen LogP contribution in [0.15, 0.2) is 60.7 Å². The average molecular weight is 323 g/mol. The fraction of sp³-hybridized carbons (Fsp3) is 0.100. The minimum Gasteiger partial charge on any atom is -0.0840 e. The van der Waals surface area contributed by atoms with Gasteiger partial charge >= 0.3 is 0 Å². The molecule has 2 bridgehead atoms. The lowest BCUT2D eigenvalue weighted by atomic mass is 9.61. The van der Waals surface area contributed by atoms with Crippen LogP contribution in [0.4, 0.5) is 0 Å². The van der Waals surface area contributed by atoms with Crippen molar-refractivity contribution in [3.05, 3.63) is 104 Å². The molecule has 0 aliphatic heterocycles. The van der Waals surface area contributed by atoms with Crippen LogP contribution in [0.25, 0.3) is 0 Å². The Hall–Kier alpha value is -1.76. The zero-order valence-corrected chi connectivity index (χ0v) is 13.2. The van der Waals surface area contributed by atoms with Crippen molar-refractivity contribution in [2.75, 3.05) is 0 Å². The monoisotopic (exact) mass is 322 g/mol. The van der Waals surface area contributed by atoms with Gasteiger partial charge in [0.25, 0.3) is 0 Å². The van der Waals surface area contributed by atoms with Crippen LogP contribution in [0.1, 0.15) is 45.2 Å². The molecular formula is C20H12Cl2. The third-order valence-corrected chi connectivity index (χ3v) is 5.65. The summed E-state index contributed by atoms with van der Waals surface area (Å²) in [5.74, 6) is 0.386. The van der Waals surface area contributed by atoms with Gasteiger partial charge in [-0.1, -0.05) is 71.7 Å². The molecule has 0 saturated heterocycles. The minimum absolute atomic E-state index is 0.193. The molecule has 0 N–H and O–H groups in total. The van der Waals surface area contributed by atoms with Crippen LogP contribution in [-0.2, 0) is 0 Å². The predicted molar refractivity (Wildman–Crippen MR) is 91.2 cm³/mol. The second-order valence-corrected chi connectivity index (χ2v) is 6.79. The van der Waals surface area contributed by atoms with Crippen molar-refractivity contribution in [2.45, 2.75) is 11.8 Å². The zero-order chi connectivity index (χ0) is 14.8. The standard InChI is InChI=1S/C20H12Cl2/c21-15-9-4-8-14-18-12-6-2-1-5-11(12)17(19(14)15)13-7-3-10-16(22)20(13)18/h1-10,17-18H/t17-,18+. The van der Waals surface area contributed by atoms with E-state index in [1.54, 1.807) is 0 Å². The number of benzene rings is 3. The summed E-state index contributed by atoms with van der Waals surface area (Å²) in [4.78, 5) is 0. The first-order valence-electron chi connectivity index (χ1n) is 7.43. The molecule has 2 heteroatoms. The molecule has 0 saturated carbocycles. The Morgan fingerprint density at radius 1 is 0.500 bits per heavy atom. The van der Waals surface area contributed by atoms with E-state index in [4.69, 9.17) is 23.2 Å². The van der Waals surface area contributed by atoms with E-state index in [2.05, 4.69) is 36.4 Å². The molecule has 3 aromatic carbocycles. The first kappa shape index (κ1) is 12.8. The van der Waals surface area contributed by atoms with E-state index in [0.29, 0.717) is 0 Å². The molecule has 3 aliphatic carbocycles. The summed E-state index contributed by atoms with van der Waals surface area (Å²) >= 11 is 13.2. The van der Waals surface area contributed by atoms with Crippen molar-refractivity contribution in [2.24, 2.45) is 0 Å². The fourth-order valence-electron chi connectivity index (χ4n) is 4.21. The highest BCUT2D eigenvalue weighted by Crippen LogP contribution is 2.58. The lowest BCUT2D eigenvalue weighted by Crippen LogP contribution is -2.28. The highest BCUT2D eigenvalue weighted by Gasteiger charge is 2.42. The highest BCUT2D eigenvalue weighted by molar-refractivity contribution is 6.32. The van der Waals surface area contributed by atoms with Crippen LogP contribution in [0.2, 0.25) is 10.0 Å². The molecule has 0 radical (unpaired) electrons. The summed E-state index contributed by atoms with van der Waals surface area (Å²) in [5, 5.41) is 1.71. The van der Waals surface area contributed by atoms with Gasteiger partial charge in [-0.15, -0.1) is 0 Å². The Bertz CT molecular complexity index is 850. The topological polar surface area (TPSA) is 0 Å². The molecule has 0 heterocycles. The quantitative estimate of drug-likeness (QED) is 0.329. The van der Waals surface area contributed by atoms with Gasteiger partial charge < -0.3 is 0 Å². The molecule has 22 heavy (non-hydrogen) atoms. The summed E-state index contributed by atoms with van der Waals surface area (Å²) in [7, 11) is 0. The molecule has 0 unspecified atom stereocenters. The Kier molecular flexibility index (Phi) is 2.54. The molecule has 0 amide bonds. The molecule has 6 rings (SSSR count). The second kappa shape index (κ2) is 4.38. The van der Waals surface area contributed by atoms with Crippen LogP contribution >= 0.6 is 23.2 Å². The number of halogens is 2. The SMILES string of the molecule is Clc1cccc2c1[C@H]1c3ccccc3[C@H]2c2c(Cl)cccc21. The maximum absolute atomic E-state index is 6.58. The second-order valence-electron chi connectivity index (χ2n) is 5.98. The van der Waals surface area contributed by atoms with E-state index < -0.39 is 0 Å². The molecule has 0 aromatic heterocycles. The molecule has 2 atom stereocenters. The summed E-state index contributed by atoms with van der Waals surface area (Å²) in [6.07, 6.45) is 0. The van der Waals surface area contributed by atoms with Crippen molar-refractivity contribution >= 4 is 23.2 Å². The normalized spacial score (nSPS) is 20.3. The van der Waals surface area contributed by atoms with Gasteiger partial charge in [-0.2, -0.15) is 0 Å². The van der Waals surface area contributed by atoms with Gasteiger partial charge in [0.2, 0.25) is 0 Å². The van der Waals surface area contributed by atoms with Crippen molar-refractivity contribution in [1.82, 2.24) is 0 Å². The Morgan fingerprint density at radius 2 is 0.909 bits per heavy atom. The maximum atomic E-state index is 6.58. The van der Waals surface area contributed by atoms with Crippen LogP contribution in [0.5, 0.6) is 0 Å². The molecular weight excluding hydrogens is 311 g/mol. The van der Waals surface area contributed by atoms with Crippen LogP contribution in [0.3, 0.4) is 0 Å². The van der Waals surface area contributed by atoms with Gasteiger partial charge in [-0.05, 0) is 45.5 Å². The van der Waals surface area contributed by atoms with Gasteiger partial charge in [0.1, 0.15) is 0 Å². The van der Waals surface area contributed by atoms with Gasteiger partial charge in [-0.25, -0.2) is 0 Å². The smallest absolute Gasteiger partial charge is 0.0450 e. The van der Waals surface area contributed by atoms with E-state index in [1.807, 2.05) is 24.3 Å². The van der Waals surface area contributed by atoms with Crippen LogP contribution < -0.4 is 0 Å².